The topological polar surface area (TPSA) is 131 Å². The Bertz CT molecular complexity index is 799. The molecule has 29 heavy (non-hydrogen) atoms. The molecule has 160 valence electrons. The molecule has 0 spiro atoms. The maximum atomic E-state index is 12.7. The predicted octanol–water partition coefficient (Wildman–Crippen LogP) is 1.84. The number of nitrogens with zero attached hydrogens (tertiary/aromatic N) is 1. The van der Waals surface area contributed by atoms with Gasteiger partial charge in [-0.15, -0.1) is 11.8 Å². The zero-order valence-electron chi connectivity index (χ0n) is 17.0. The largest absolute Gasteiger partial charge is 0.383 e. The van der Waals surface area contributed by atoms with Crippen LogP contribution in [0.3, 0.4) is 0 Å². The highest BCUT2D eigenvalue weighted by molar-refractivity contribution is 8.01. The van der Waals surface area contributed by atoms with E-state index in [2.05, 4.69) is 10.6 Å². The van der Waals surface area contributed by atoms with Gasteiger partial charge in [-0.25, -0.2) is 0 Å². The summed E-state index contributed by atoms with van der Waals surface area (Å²) < 4.78 is 0. The van der Waals surface area contributed by atoms with Crippen LogP contribution in [0.25, 0.3) is 0 Å². The average molecular weight is 442 g/mol. The Morgan fingerprint density at radius 2 is 1.90 bits per heavy atom. The third-order valence-corrected chi connectivity index (χ3v) is 6.22. The van der Waals surface area contributed by atoms with E-state index in [0.717, 1.165) is 0 Å². The van der Waals surface area contributed by atoms with E-state index in [-0.39, 0.29) is 11.8 Å². The van der Waals surface area contributed by atoms with E-state index < -0.39 is 28.0 Å². The number of halogens is 1. The molecule has 3 atom stereocenters. The Morgan fingerprint density at radius 3 is 2.45 bits per heavy atom. The zero-order chi connectivity index (χ0) is 21.9. The van der Waals surface area contributed by atoms with Crippen molar-refractivity contribution in [3.63, 3.8) is 0 Å². The molecule has 1 fully saturated rings. The molecule has 1 aliphatic rings. The molecule has 0 radical (unpaired) electrons. The molecule has 10 heteroatoms. The summed E-state index contributed by atoms with van der Waals surface area (Å²) in [6, 6.07) is 4.19. The number of anilines is 2. The normalized spacial score (nSPS) is 20.5. The van der Waals surface area contributed by atoms with Gasteiger partial charge in [0, 0.05) is 34.9 Å². The SMILES string of the molecule is CCN1C(=O)[C@@H](CNc2cc(Cl)cc(NC(=O)C(C)(C)C)c2)SC1[C@H](N)C(N)=O. The van der Waals surface area contributed by atoms with Gasteiger partial charge in [0.1, 0.15) is 16.7 Å². The van der Waals surface area contributed by atoms with E-state index in [1.165, 1.54) is 11.8 Å². The van der Waals surface area contributed by atoms with Crippen LogP contribution in [0.2, 0.25) is 5.02 Å². The summed E-state index contributed by atoms with van der Waals surface area (Å²) in [6.45, 7) is 8.05. The number of hydrogen-bond donors (Lipinski definition) is 4. The van der Waals surface area contributed by atoms with Gasteiger partial charge in [-0.1, -0.05) is 32.4 Å². The van der Waals surface area contributed by atoms with Crippen molar-refractivity contribution in [2.24, 2.45) is 16.9 Å². The molecule has 3 amide bonds. The monoisotopic (exact) mass is 441 g/mol. The van der Waals surface area contributed by atoms with Gasteiger partial charge in [-0.2, -0.15) is 0 Å². The van der Waals surface area contributed by atoms with Gasteiger partial charge in [0.15, 0.2) is 0 Å². The van der Waals surface area contributed by atoms with Crippen LogP contribution < -0.4 is 22.1 Å². The number of carbonyl (C=O) groups excluding carboxylic acids is 3. The molecule has 0 bridgehead atoms. The van der Waals surface area contributed by atoms with Crippen molar-refractivity contribution in [2.75, 3.05) is 23.7 Å². The zero-order valence-corrected chi connectivity index (χ0v) is 18.6. The fraction of sp³-hybridized carbons (Fsp3) is 0.526. The fourth-order valence-electron chi connectivity index (χ4n) is 2.79. The summed E-state index contributed by atoms with van der Waals surface area (Å²) >= 11 is 7.49. The third kappa shape index (κ3) is 5.77. The molecule has 0 aromatic heterocycles. The van der Waals surface area contributed by atoms with Crippen LogP contribution >= 0.6 is 23.4 Å². The maximum absolute atomic E-state index is 12.7. The first-order valence-corrected chi connectivity index (χ1v) is 10.6. The van der Waals surface area contributed by atoms with E-state index in [0.29, 0.717) is 29.5 Å². The number of amides is 3. The first-order valence-electron chi connectivity index (χ1n) is 9.30. The Morgan fingerprint density at radius 1 is 1.28 bits per heavy atom. The van der Waals surface area contributed by atoms with E-state index in [1.54, 1.807) is 23.1 Å². The van der Waals surface area contributed by atoms with Crippen LogP contribution in [-0.4, -0.2) is 52.4 Å². The molecule has 0 aliphatic carbocycles. The van der Waals surface area contributed by atoms with E-state index >= 15 is 0 Å². The number of likely N-dealkylation sites (N-methyl/N-ethyl adjacent to an activating group) is 1. The summed E-state index contributed by atoms with van der Waals surface area (Å²) in [4.78, 5) is 37.9. The second kappa shape index (κ2) is 9.23. The van der Waals surface area contributed by atoms with Crippen LogP contribution in [0.1, 0.15) is 27.7 Å². The number of nitrogens with two attached hydrogens (primary N) is 2. The van der Waals surface area contributed by atoms with Gasteiger partial charge in [0.25, 0.3) is 0 Å². The lowest BCUT2D eigenvalue weighted by molar-refractivity contribution is -0.130. The minimum atomic E-state index is -0.931. The summed E-state index contributed by atoms with van der Waals surface area (Å²) in [5.74, 6) is -0.875. The molecule has 6 N–H and O–H groups in total. The number of nitrogens with one attached hydrogen (secondary N) is 2. The molecule has 1 aromatic rings. The van der Waals surface area contributed by atoms with Crippen molar-refractivity contribution < 1.29 is 14.4 Å². The Balaban J connectivity index is 2.08. The minimum absolute atomic E-state index is 0.102. The second-order valence-electron chi connectivity index (χ2n) is 7.88. The number of thioether (sulfide) groups is 1. The second-order valence-corrected chi connectivity index (χ2v) is 9.64. The highest BCUT2D eigenvalue weighted by Gasteiger charge is 2.43. The first-order chi connectivity index (χ1) is 13.4. The van der Waals surface area contributed by atoms with E-state index in [1.807, 2.05) is 27.7 Å². The number of rotatable bonds is 7. The number of hydrogen-bond acceptors (Lipinski definition) is 6. The smallest absolute Gasteiger partial charge is 0.238 e. The van der Waals surface area contributed by atoms with Crippen molar-refractivity contribution in [1.29, 1.82) is 0 Å². The molecule has 0 saturated carbocycles. The quantitative estimate of drug-likeness (QED) is 0.510. The summed E-state index contributed by atoms with van der Waals surface area (Å²) in [5, 5.41) is 5.57. The van der Waals surface area contributed by atoms with Gasteiger partial charge in [-0.3, -0.25) is 14.4 Å². The molecule has 1 aliphatic heterocycles. The van der Waals surface area contributed by atoms with Crippen LogP contribution in [0.4, 0.5) is 11.4 Å². The molecule has 1 aromatic carbocycles. The summed E-state index contributed by atoms with van der Waals surface area (Å²) in [6.07, 6.45) is 0. The van der Waals surface area contributed by atoms with Crippen LogP contribution in [0.15, 0.2) is 18.2 Å². The van der Waals surface area contributed by atoms with Crippen molar-refractivity contribution >= 4 is 52.5 Å². The van der Waals surface area contributed by atoms with Gasteiger partial charge in [-0.05, 0) is 25.1 Å². The average Bonchev–Trinajstić information content (AvgIpc) is 2.93. The summed E-state index contributed by atoms with van der Waals surface area (Å²) in [5.41, 5.74) is 11.9. The van der Waals surface area contributed by atoms with Crippen molar-refractivity contribution in [3.05, 3.63) is 23.2 Å². The predicted molar refractivity (Wildman–Crippen MR) is 118 cm³/mol. The van der Waals surface area contributed by atoms with Gasteiger partial charge in [0.2, 0.25) is 17.7 Å². The van der Waals surface area contributed by atoms with Crippen molar-refractivity contribution in [1.82, 2.24) is 4.90 Å². The molecular formula is C19H28ClN5O3S. The summed E-state index contributed by atoms with van der Waals surface area (Å²) in [7, 11) is 0. The first kappa shape index (κ1) is 23.3. The molecule has 1 heterocycles. The Hall–Kier alpha value is -1.97. The fourth-order valence-corrected chi connectivity index (χ4v) is 4.50. The van der Waals surface area contributed by atoms with Gasteiger partial charge < -0.3 is 27.0 Å². The van der Waals surface area contributed by atoms with Crippen molar-refractivity contribution in [2.45, 2.75) is 44.4 Å². The molecule has 1 unspecified atom stereocenters. The molecule has 2 rings (SSSR count). The Labute approximate surface area is 180 Å². The lowest BCUT2D eigenvalue weighted by atomic mass is 9.95. The van der Waals surface area contributed by atoms with E-state index in [9.17, 15) is 14.4 Å². The minimum Gasteiger partial charge on any atom is -0.383 e. The number of primary amides is 1. The molecular weight excluding hydrogens is 414 g/mol. The number of benzene rings is 1. The lowest BCUT2D eigenvalue weighted by Crippen LogP contribution is -2.51. The highest BCUT2D eigenvalue weighted by Crippen LogP contribution is 2.33. The highest BCUT2D eigenvalue weighted by atomic mass is 35.5. The van der Waals surface area contributed by atoms with Gasteiger partial charge >= 0.3 is 0 Å². The standard InChI is InChI=1S/C19H28ClN5O3S/c1-5-25-16(27)13(29-17(25)14(21)15(22)26)9-23-11-6-10(20)7-12(8-11)24-18(28)19(2,3)4/h6-8,13-14,17,23H,5,9,21H2,1-4H3,(H2,22,26)(H,24,28)/t13-,14-,17?/m1/s1. The van der Waals surface area contributed by atoms with Crippen LogP contribution in [-0.2, 0) is 14.4 Å². The third-order valence-electron chi connectivity index (χ3n) is 4.47. The van der Waals surface area contributed by atoms with Gasteiger partial charge in [0.05, 0.1) is 0 Å². The van der Waals surface area contributed by atoms with E-state index in [4.69, 9.17) is 23.1 Å². The number of carbonyl (C=O) groups is 3. The van der Waals surface area contributed by atoms with Crippen molar-refractivity contribution in [3.8, 4) is 0 Å². The van der Waals surface area contributed by atoms with Crippen LogP contribution in [0, 0.1) is 5.41 Å². The molecule has 1 saturated heterocycles. The lowest BCUT2D eigenvalue weighted by Gasteiger charge is -2.25. The maximum Gasteiger partial charge on any atom is 0.238 e. The van der Waals surface area contributed by atoms with Crippen LogP contribution in [0.5, 0.6) is 0 Å². The Kier molecular flexibility index (Phi) is 7.42. The molecule has 8 nitrogen and oxygen atoms in total.